The van der Waals surface area contributed by atoms with E-state index in [2.05, 4.69) is 5.32 Å². The summed E-state index contributed by atoms with van der Waals surface area (Å²) in [6.07, 6.45) is -1.80. The van der Waals surface area contributed by atoms with Crippen LogP contribution in [0, 0.1) is 0 Å². The average Bonchev–Trinajstić information content (AvgIpc) is 2.47. The van der Waals surface area contributed by atoms with Gasteiger partial charge in [-0.3, -0.25) is 4.39 Å². The van der Waals surface area contributed by atoms with E-state index in [0.29, 0.717) is 0 Å². The Hall–Kier alpha value is -0.880. The summed E-state index contributed by atoms with van der Waals surface area (Å²) in [5, 5.41) is 12.1. The van der Waals surface area contributed by atoms with Crippen LogP contribution in [-0.2, 0) is 9.47 Å². The normalized spacial score (nSPS) is 29.1. The summed E-state index contributed by atoms with van der Waals surface area (Å²) in [6.45, 7) is 4.78. The Morgan fingerprint density at radius 1 is 1.59 bits per heavy atom. The fourth-order valence-corrected chi connectivity index (χ4v) is 1.68. The Labute approximate surface area is 100 Å². The van der Waals surface area contributed by atoms with Crippen LogP contribution in [-0.4, -0.2) is 48.3 Å². The lowest BCUT2D eigenvalue weighted by atomic mass is 10.1. The molecule has 100 valence electrons. The number of amides is 1. The number of carbonyl (C=O) groups is 1. The van der Waals surface area contributed by atoms with Crippen LogP contribution < -0.4 is 5.32 Å². The van der Waals surface area contributed by atoms with Crippen molar-refractivity contribution in [3.8, 4) is 0 Å². The maximum absolute atomic E-state index is 12.2. The number of alkyl carbamates (subject to hydrolysis) is 1. The van der Waals surface area contributed by atoms with Gasteiger partial charge in [0.25, 0.3) is 0 Å². The van der Waals surface area contributed by atoms with Gasteiger partial charge in [-0.2, -0.15) is 0 Å². The van der Waals surface area contributed by atoms with Crippen molar-refractivity contribution in [3.05, 3.63) is 0 Å². The molecule has 0 aromatic heterocycles. The van der Waals surface area contributed by atoms with E-state index in [0.717, 1.165) is 0 Å². The first-order valence-corrected chi connectivity index (χ1v) is 5.68. The van der Waals surface area contributed by atoms with Gasteiger partial charge in [0.15, 0.2) is 0 Å². The minimum atomic E-state index is -0.820. The van der Waals surface area contributed by atoms with Crippen LogP contribution in [0.3, 0.4) is 0 Å². The Bertz CT molecular complexity index is 265. The number of hydrogen-bond acceptors (Lipinski definition) is 4. The molecule has 1 fully saturated rings. The molecule has 1 aliphatic heterocycles. The lowest BCUT2D eigenvalue weighted by Gasteiger charge is -2.24. The summed E-state index contributed by atoms with van der Waals surface area (Å²) in [4.78, 5) is 11.5. The zero-order chi connectivity index (χ0) is 13.1. The van der Waals surface area contributed by atoms with Gasteiger partial charge in [0.05, 0.1) is 25.4 Å². The molecule has 0 saturated carbocycles. The summed E-state index contributed by atoms with van der Waals surface area (Å²) in [7, 11) is 0. The van der Waals surface area contributed by atoms with Crippen LogP contribution in [0.5, 0.6) is 0 Å². The number of alkyl halides is 1. The zero-order valence-electron chi connectivity index (χ0n) is 10.4. The zero-order valence-corrected chi connectivity index (χ0v) is 10.4. The van der Waals surface area contributed by atoms with E-state index >= 15 is 0 Å². The molecule has 2 N–H and O–H groups in total. The molecule has 1 rings (SSSR count). The number of aliphatic hydroxyl groups excluding tert-OH is 1. The molecule has 6 heteroatoms. The third kappa shape index (κ3) is 4.47. The second-order valence-corrected chi connectivity index (χ2v) is 5.09. The number of ether oxygens (including phenoxy) is 2. The number of carbonyl (C=O) groups excluding carboxylic acids is 1. The molecular formula is C11H20FNO4. The minimum Gasteiger partial charge on any atom is -0.444 e. The molecule has 0 radical (unpaired) electrons. The number of aliphatic hydroxyl groups is 1. The minimum absolute atomic E-state index is 0.102. The predicted octanol–water partition coefficient (Wildman–Crippen LogP) is 0.999. The summed E-state index contributed by atoms with van der Waals surface area (Å²) in [6, 6.07) is -0.611. The fraction of sp³-hybridized carbons (Fsp3) is 0.909. The lowest BCUT2D eigenvalue weighted by Crippen LogP contribution is -2.48. The van der Waals surface area contributed by atoms with E-state index in [4.69, 9.17) is 9.47 Å². The molecule has 1 heterocycles. The van der Waals surface area contributed by atoms with Gasteiger partial charge in [0, 0.05) is 6.42 Å². The van der Waals surface area contributed by atoms with Gasteiger partial charge in [-0.05, 0) is 20.8 Å². The van der Waals surface area contributed by atoms with Crippen molar-refractivity contribution in [2.75, 3.05) is 13.3 Å². The first kappa shape index (κ1) is 14.2. The molecule has 3 unspecified atom stereocenters. The molecule has 3 atom stereocenters. The molecule has 0 aromatic carbocycles. The van der Waals surface area contributed by atoms with Crippen LogP contribution in [0.2, 0.25) is 0 Å². The van der Waals surface area contributed by atoms with Crippen molar-refractivity contribution in [3.63, 3.8) is 0 Å². The predicted molar refractivity (Wildman–Crippen MR) is 59.5 cm³/mol. The van der Waals surface area contributed by atoms with E-state index < -0.39 is 36.6 Å². The number of rotatable bonds is 3. The highest BCUT2D eigenvalue weighted by atomic mass is 19.1. The van der Waals surface area contributed by atoms with Gasteiger partial charge in [-0.25, -0.2) is 4.79 Å². The largest absolute Gasteiger partial charge is 0.444 e. The molecule has 1 aliphatic rings. The van der Waals surface area contributed by atoms with Gasteiger partial charge in [-0.1, -0.05) is 0 Å². The number of nitrogens with one attached hydrogen (secondary N) is 1. The third-order valence-electron chi connectivity index (χ3n) is 2.37. The Morgan fingerprint density at radius 3 is 2.76 bits per heavy atom. The molecule has 5 nitrogen and oxygen atoms in total. The summed E-state index contributed by atoms with van der Waals surface area (Å²) in [5.41, 5.74) is -0.607. The van der Waals surface area contributed by atoms with Crippen molar-refractivity contribution in [1.82, 2.24) is 5.32 Å². The second-order valence-electron chi connectivity index (χ2n) is 5.09. The van der Waals surface area contributed by atoms with Gasteiger partial charge in [0.1, 0.15) is 11.7 Å². The summed E-state index contributed by atoms with van der Waals surface area (Å²) >= 11 is 0. The molecule has 1 saturated heterocycles. The van der Waals surface area contributed by atoms with Crippen molar-refractivity contribution in [1.29, 1.82) is 0 Å². The first-order chi connectivity index (χ1) is 7.83. The molecule has 0 spiro atoms. The number of hydrogen-bond donors (Lipinski definition) is 2. The first-order valence-electron chi connectivity index (χ1n) is 5.68. The van der Waals surface area contributed by atoms with Crippen LogP contribution in [0.25, 0.3) is 0 Å². The summed E-state index contributed by atoms with van der Waals surface area (Å²) < 4.78 is 22.5. The maximum Gasteiger partial charge on any atom is 0.408 e. The van der Waals surface area contributed by atoms with Crippen LogP contribution in [0.4, 0.5) is 9.18 Å². The maximum atomic E-state index is 12.2. The van der Waals surface area contributed by atoms with E-state index in [1.54, 1.807) is 20.8 Å². The standard InChI is InChI=1S/C11H20FNO4/c1-11(2,3)17-10(15)13-9-7(14)6-16-8(9)4-5-12/h7-9,14H,4-6H2,1-3H3,(H,13,15). The highest BCUT2D eigenvalue weighted by Gasteiger charge is 2.37. The van der Waals surface area contributed by atoms with Crippen molar-refractivity contribution >= 4 is 6.09 Å². The molecule has 17 heavy (non-hydrogen) atoms. The van der Waals surface area contributed by atoms with Crippen LogP contribution in [0.15, 0.2) is 0 Å². The van der Waals surface area contributed by atoms with Crippen LogP contribution >= 0.6 is 0 Å². The molecule has 1 amide bonds. The van der Waals surface area contributed by atoms with Gasteiger partial charge >= 0.3 is 6.09 Å². The van der Waals surface area contributed by atoms with Gasteiger partial charge in [0.2, 0.25) is 0 Å². The lowest BCUT2D eigenvalue weighted by molar-refractivity contribution is 0.0415. The third-order valence-corrected chi connectivity index (χ3v) is 2.37. The van der Waals surface area contributed by atoms with Gasteiger partial charge < -0.3 is 19.9 Å². The smallest absolute Gasteiger partial charge is 0.408 e. The average molecular weight is 249 g/mol. The highest BCUT2D eigenvalue weighted by molar-refractivity contribution is 5.68. The van der Waals surface area contributed by atoms with E-state index in [1.165, 1.54) is 0 Å². The number of halogens is 1. The summed E-state index contributed by atoms with van der Waals surface area (Å²) in [5.74, 6) is 0. The SMILES string of the molecule is CC(C)(C)OC(=O)NC1C(O)COC1CCF. The van der Waals surface area contributed by atoms with Crippen molar-refractivity contribution in [2.45, 2.75) is 51.0 Å². The van der Waals surface area contributed by atoms with Crippen LogP contribution in [0.1, 0.15) is 27.2 Å². The quantitative estimate of drug-likeness (QED) is 0.783. The molecule has 0 aliphatic carbocycles. The van der Waals surface area contributed by atoms with E-state index in [1.807, 2.05) is 0 Å². The van der Waals surface area contributed by atoms with E-state index in [-0.39, 0.29) is 13.0 Å². The fourth-order valence-electron chi connectivity index (χ4n) is 1.68. The Kier molecular flexibility index (Phi) is 4.70. The molecule has 0 aromatic rings. The Morgan fingerprint density at radius 2 is 2.24 bits per heavy atom. The van der Waals surface area contributed by atoms with Gasteiger partial charge in [-0.15, -0.1) is 0 Å². The topological polar surface area (TPSA) is 67.8 Å². The molecular weight excluding hydrogens is 229 g/mol. The monoisotopic (exact) mass is 249 g/mol. The molecule has 0 bridgehead atoms. The van der Waals surface area contributed by atoms with Crippen molar-refractivity contribution in [2.24, 2.45) is 0 Å². The van der Waals surface area contributed by atoms with Crippen molar-refractivity contribution < 1.29 is 23.8 Å². The Balaban J connectivity index is 2.50. The van der Waals surface area contributed by atoms with E-state index in [9.17, 15) is 14.3 Å². The second kappa shape index (κ2) is 5.64. The highest BCUT2D eigenvalue weighted by Crippen LogP contribution is 2.18.